The van der Waals surface area contributed by atoms with Crippen molar-refractivity contribution in [1.29, 1.82) is 0 Å². The minimum atomic E-state index is -0.00844. The normalized spacial score (nSPS) is 18.0. The van der Waals surface area contributed by atoms with E-state index < -0.39 is 0 Å². The van der Waals surface area contributed by atoms with Crippen molar-refractivity contribution in [1.82, 2.24) is 19.5 Å². The summed E-state index contributed by atoms with van der Waals surface area (Å²) in [7, 11) is 0. The Hall–Kier alpha value is -2.63. The highest BCUT2D eigenvalue weighted by Crippen LogP contribution is 2.28. The van der Waals surface area contributed by atoms with Gasteiger partial charge in [0.1, 0.15) is 5.82 Å². The number of anilines is 1. The molecular weight excluding hydrogens is 314 g/mol. The number of fused-ring (bicyclic) bond motifs is 1. The lowest BCUT2D eigenvalue weighted by Gasteiger charge is -2.32. The predicted octanol–water partition coefficient (Wildman–Crippen LogP) is 2.83. The number of aryl methyl sites for hydroxylation is 2. The summed E-state index contributed by atoms with van der Waals surface area (Å²) in [6.45, 7) is 6.36. The summed E-state index contributed by atoms with van der Waals surface area (Å²) < 4.78 is 1.70. The Labute approximate surface area is 146 Å². The zero-order valence-corrected chi connectivity index (χ0v) is 14.7. The second kappa shape index (κ2) is 6.35. The molecule has 1 aromatic carbocycles. The van der Waals surface area contributed by atoms with Gasteiger partial charge >= 0.3 is 0 Å². The largest absolute Gasteiger partial charge is 0.351 e. The molecule has 0 aliphatic carbocycles. The van der Waals surface area contributed by atoms with Crippen molar-refractivity contribution in [3.63, 3.8) is 0 Å². The van der Waals surface area contributed by atoms with Crippen LogP contribution in [0.2, 0.25) is 0 Å². The van der Waals surface area contributed by atoms with E-state index in [1.54, 1.807) is 17.0 Å². The average molecular weight is 337 g/mol. The lowest BCUT2D eigenvalue weighted by atomic mass is 9.97. The van der Waals surface area contributed by atoms with Gasteiger partial charge in [-0.1, -0.05) is 6.07 Å². The topological polar surface area (TPSA) is 66.8 Å². The van der Waals surface area contributed by atoms with E-state index in [1.165, 1.54) is 5.56 Å². The van der Waals surface area contributed by atoms with Gasteiger partial charge in [0.15, 0.2) is 5.82 Å². The number of nitrogens with zero attached hydrogens (tertiary/aromatic N) is 4. The molecule has 3 aromatic rings. The van der Waals surface area contributed by atoms with Gasteiger partial charge in [-0.05, 0) is 44.4 Å². The smallest absolute Gasteiger partial charge is 0.293 e. The molecule has 6 nitrogen and oxygen atoms in total. The van der Waals surface area contributed by atoms with Gasteiger partial charge in [0, 0.05) is 37.9 Å². The maximum Gasteiger partial charge on any atom is 0.293 e. The Morgan fingerprint density at radius 1 is 1.36 bits per heavy atom. The summed E-state index contributed by atoms with van der Waals surface area (Å²) in [5.74, 6) is 1.86. The van der Waals surface area contributed by atoms with E-state index >= 15 is 0 Å². The van der Waals surface area contributed by atoms with Crippen LogP contribution in [0.1, 0.15) is 37.1 Å². The fraction of sp³-hybridized carbons (Fsp3) is 0.421. The van der Waals surface area contributed by atoms with Crippen LogP contribution in [0.25, 0.3) is 11.0 Å². The van der Waals surface area contributed by atoms with Gasteiger partial charge in [-0.25, -0.2) is 9.97 Å². The highest BCUT2D eigenvalue weighted by Gasteiger charge is 2.26. The van der Waals surface area contributed by atoms with Crippen molar-refractivity contribution in [2.24, 2.45) is 0 Å². The van der Waals surface area contributed by atoms with E-state index in [1.807, 2.05) is 6.92 Å². The Kier molecular flexibility index (Phi) is 4.03. The molecule has 1 aliphatic rings. The number of imidazole rings is 1. The minimum absolute atomic E-state index is 0.00844. The third-order valence-electron chi connectivity index (χ3n) is 5.00. The van der Waals surface area contributed by atoms with Crippen LogP contribution in [0.3, 0.4) is 0 Å². The molecule has 1 aliphatic heterocycles. The van der Waals surface area contributed by atoms with E-state index in [9.17, 15) is 4.79 Å². The maximum atomic E-state index is 12.6. The summed E-state index contributed by atoms with van der Waals surface area (Å²) in [5.41, 5.74) is 3.30. The van der Waals surface area contributed by atoms with Crippen LogP contribution in [-0.4, -0.2) is 32.6 Å². The number of benzene rings is 1. The van der Waals surface area contributed by atoms with Crippen LogP contribution in [0.4, 0.5) is 5.82 Å². The van der Waals surface area contributed by atoms with E-state index in [-0.39, 0.29) is 11.5 Å². The fourth-order valence-corrected chi connectivity index (χ4v) is 3.63. The minimum Gasteiger partial charge on any atom is -0.351 e. The molecule has 0 saturated carbocycles. The van der Waals surface area contributed by atoms with Crippen molar-refractivity contribution >= 4 is 16.9 Å². The Morgan fingerprint density at radius 2 is 2.24 bits per heavy atom. The summed E-state index contributed by atoms with van der Waals surface area (Å²) in [6.07, 6.45) is 5.57. The van der Waals surface area contributed by atoms with E-state index in [2.05, 4.69) is 40.0 Å². The number of H-pyrrole nitrogens is 1. The Morgan fingerprint density at radius 3 is 3.08 bits per heavy atom. The maximum absolute atomic E-state index is 12.6. The van der Waals surface area contributed by atoms with Gasteiger partial charge in [-0.15, -0.1) is 0 Å². The highest BCUT2D eigenvalue weighted by molar-refractivity contribution is 5.75. The van der Waals surface area contributed by atoms with E-state index in [0.29, 0.717) is 12.4 Å². The summed E-state index contributed by atoms with van der Waals surface area (Å²) in [6, 6.07) is 6.27. The molecule has 0 bridgehead atoms. The molecule has 25 heavy (non-hydrogen) atoms. The molecule has 0 radical (unpaired) electrons. The fourth-order valence-electron chi connectivity index (χ4n) is 3.63. The number of piperidine rings is 1. The molecule has 0 spiro atoms. The van der Waals surface area contributed by atoms with Gasteiger partial charge < -0.3 is 14.5 Å². The third kappa shape index (κ3) is 2.92. The number of hydrogen-bond donors (Lipinski definition) is 1. The molecule has 130 valence electrons. The number of rotatable bonds is 3. The van der Waals surface area contributed by atoms with Gasteiger partial charge in [-0.2, -0.15) is 0 Å². The summed E-state index contributed by atoms with van der Waals surface area (Å²) in [4.78, 5) is 27.3. The van der Waals surface area contributed by atoms with Crippen molar-refractivity contribution in [3.05, 3.63) is 52.3 Å². The van der Waals surface area contributed by atoms with Crippen molar-refractivity contribution in [3.8, 4) is 0 Å². The molecule has 1 atom stereocenters. The number of nitrogens with one attached hydrogen (secondary N) is 1. The molecule has 6 heteroatoms. The first-order valence-electron chi connectivity index (χ1n) is 8.92. The molecular formula is C19H23N5O. The van der Waals surface area contributed by atoms with Crippen LogP contribution in [0.15, 0.2) is 35.4 Å². The number of aromatic nitrogens is 4. The number of hydrogen-bond acceptors (Lipinski definition) is 4. The zero-order chi connectivity index (χ0) is 17.4. The molecule has 3 heterocycles. The van der Waals surface area contributed by atoms with Gasteiger partial charge in [0.2, 0.25) is 0 Å². The monoisotopic (exact) mass is 337 g/mol. The van der Waals surface area contributed by atoms with Crippen molar-refractivity contribution < 1.29 is 0 Å². The van der Waals surface area contributed by atoms with Gasteiger partial charge in [0.25, 0.3) is 5.56 Å². The molecule has 4 rings (SSSR count). The standard InChI is InChI=1S/C19H23N5O/c1-3-23-10-8-20-18(19(23)25)24-9-4-5-14(12-24)17-21-15-7-6-13(2)11-16(15)22-17/h6-8,10-11,14H,3-5,9,12H2,1-2H3,(H,21,22)/t14-/m0/s1. The Bertz CT molecular complexity index is 958. The molecule has 0 unspecified atom stereocenters. The molecule has 1 N–H and O–H groups in total. The van der Waals surface area contributed by atoms with Gasteiger partial charge in [0.05, 0.1) is 11.0 Å². The highest BCUT2D eigenvalue weighted by atomic mass is 16.1. The van der Waals surface area contributed by atoms with Crippen molar-refractivity contribution in [2.45, 2.75) is 39.2 Å². The summed E-state index contributed by atoms with van der Waals surface area (Å²) >= 11 is 0. The van der Waals surface area contributed by atoms with E-state index in [0.717, 1.165) is 42.8 Å². The first-order chi connectivity index (χ1) is 12.2. The third-order valence-corrected chi connectivity index (χ3v) is 5.00. The van der Waals surface area contributed by atoms with E-state index in [4.69, 9.17) is 4.98 Å². The Balaban J connectivity index is 1.63. The molecule has 0 amide bonds. The zero-order valence-electron chi connectivity index (χ0n) is 14.7. The lowest BCUT2D eigenvalue weighted by Crippen LogP contribution is -2.39. The second-order valence-corrected chi connectivity index (χ2v) is 6.77. The average Bonchev–Trinajstić information content (AvgIpc) is 3.05. The second-order valence-electron chi connectivity index (χ2n) is 6.77. The molecule has 2 aromatic heterocycles. The predicted molar refractivity (Wildman–Crippen MR) is 99.2 cm³/mol. The van der Waals surface area contributed by atoms with Crippen LogP contribution in [0, 0.1) is 6.92 Å². The first-order valence-corrected chi connectivity index (χ1v) is 8.92. The van der Waals surface area contributed by atoms with Gasteiger partial charge in [-0.3, -0.25) is 4.79 Å². The molecule has 1 saturated heterocycles. The summed E-state index contributed by atoms with van der Waals surface area (Å²) in [5, 5.41) is 0. The van der Waals surface area contributed by atoms with Crippen molar-refractivity contribution in [2.75, 3.05) is 18.0 Å². The number of aromatic amines is 1. The van der Waals surface area contributed by atoms with Crippen LogP contribution >= 0.6 is 0 Å². The van der Waals surface area contributed by atoms with Crippen LogP contribution in [0.5, 0.6) is 0 Å². The lowest BCUT2D eigenvalue weighted by molar-refractivity contribution is 0.489. The molecule has 1 fully saturated rings. The van der Waals surface area contributed by atoms with Crippen LogP contribution in [-0.2, 0) is 6.54 Å². The quantitative estimate of drug-likeness (QED) is 0.798. The first kappa shape index (κ1) is 15.9. The SMILES string of the molecule is CCn1ccnc(N2CCC[C@H](c3nc4ccc(C)cc4[nH]3)C2)c1=O. The van der Waals surface area contributed by atoms with Crippen LogP contribution < -0.4 is 10.5 Å².